The van der Waals surface area contributed by atoms with Gasteiger partial charge in [-0.1, -0.05) is 491 Å². The van der Waals surface area contributed by atoms with Crippen LogP contribution in [0.25, 0.3) is 44.6 Å². The second-order valence-electron chi connectivity index (χ2n) is 36.9. The third-order valence-electron chi connectivity index (χ3n) is 26.3. The lowest BCUT2D eigenvalue weighted by Crippen LogP contribution is -2.00. The minimum atomic E-state index is 1.16. The van der Waals surface area contributed by atoms with E-state index < -0.39 is 0 Å². The van der Waals surface area contributed by atoms with Crippen molar-refractivity contribution >= 4 is 327 Å². The minimum Gasteiger partial charge on any atom is -0.118 e. The molecular formula is C112H136S24. The van der Waals surface area contributed by atoms with E-state index in [1.165, 1.54) is 453 Å². The fraction of sp³-hybridized carbons (Fsp3) is 0.500. The maximum atomic E-state index is 2.61. The van der Waals surface area contributed by atoms with Crippen LogP contribution in [0.1, 0.15) is 357 Å². The maximum absolute atomic E-state index is 2.61. The van der Waals surface area contributed by atoms with Crippen LogP contribution in [-0.4, -0.2) is 46.0 Å². The molecule has 23 rings (SSSR count). The highest BCUT2D eigenvalue weighted by atomic mass is 32.3. The van der Waals surface area contributed by atoms with Crippen molar-refractivity contribution in [3.63, 3.8) is 0 Å². The van der Waals surface area contributed by atoms with E-state index in [9.17, 15) is 0 Å². The second kappa shape index (κ2) is 56.8. The monoisotopic (exact) mass is 2250 g/mol. The zero-order valence-corrected chi connectivity index (χ0v) is 101. The first kappa shape index (κ1) is 108. The summed E-state index contributed by atoms with van der Waals surface area (Å²) in [5, 5.41) is 0. The molecule has 0 atom stereocenters. The molecule has 0 amide bonds. The van der Waals surface area contributed by atoms with Crippen LogP contribution in [0.5, 0.6) is 0 Å². The Labute approximate surface area is 922 Å². The molecule has 12 aliphatic heterocycles. The fourth-order valence-electron chi connectivity index (χ4n) is 18.6. The molecule has 4 aromatic carbocycles. The SMILES string of the molecule is CC1=C2SCCCCCCCCCCCCSC3=C(C)S/C(=C4\C5=C6/SC(C)=C(SCCCCCCCCCCCCSC7=C(C)S/C(=C(\C8=C9/SC(C)=C(SCCCCCCCCCCCCSC%10=C(C)S/C(=C(\C%11=C%12/SC(C)=C(SCCCCCCCCCCCCSC%13=C(C)S/C(=C(\C(=C(/S1)S2)c1ccc4cc1)c1ccc%11cc1)S%13)S%12)c1ccc8cc1)S%10)S9)c1ccc5cc1)S7)S6)S3. The van der Waals surface area contributed by atoms with Gasteiger partial charge in [-0.2, -0.15) is 0 Å². The Morgan fingerprint density at radius 2 is 0.199 bits per heavy atom. The highest BCUT2D eigenvalue weighted by molar-refractivity contribution is 8.40. The van der Waals surface area contributed by atoms with Crippen LogP contribution < -0.4 is 0 Å². The average Bonchev–Trinajstić information content (AvgIpc) is 1.52. The Bertz CT molecular complexity index is 4450. The van der Waals surface area contributed by atoms with Gasteiger partial charge >= 0.3 is 0 Å². The first-order valence-electron chi connectivity index (χ1n) is 50.8. The van der Waals surface area contributed by atoms with Crippen molar-refractivity contribution in [3.05, 3.63) is 249 Å². The van der Waals surface area contributed by atoms with Crippen molar-refractivity contribution in [2.45, 2.75) is 312 Å². The van der Waals surface area contributed by atoms with Gasteiger partial charge in [0.05, 0.1) is 67.8 Å². The molecule has 7 aliphatic carbocycles. The van der Waals surface area contributed by atoms with Gasteiger partial charge in [-0.25, -0.2) is 0 Å². The lowest BCUT2D eigenvalue weighted by atomic mass is 9.88. The molecule has 0 radical (unpaired) electrons. The number of rotatable bonds is 0. The summed E-state index contributed by atoms with van der Waals surface area (Å²) in [5.74, 6) is 9.32. The maximum Gasteiger partial charge on any atom is 0.0586 e. The highest BCUT2D eigenvalue weighted by Gasteiger charge is 2.39. The Morgan fingerprint density at radius 1 is 0.110 bits per heavy atom. The molecule has 0 aromatic heterocycles. The molecule has 24 heteroatoms. The standard InChI is InChI=1S/C112H136S24/c1-73-97-113-65-41-33-25-17-9-10-18-26-35-43-67-115-99-75(3)123-107(131-99)91-83-51-49-81(50-52-83)89(105(121-73)129-97)90-82-53-55-84(56-54-82)92(108-124-76(4)100(132-108)116-68-44-36-28-20-12-11-19-27-34-42-66-114-98-74(2)122-106(90)130-98)94-86-61-63-88(64-62-86)96(112-128-80(8)104(136-112)120-72-48-40-32-24-16-15-22-30-38-46-70-118-102-78(6)126-110(94)134-102)95-87-59-57-85(58-60-87)93(91)109-125-77(5)101(133-109)117-69-45-37-29-21-13-14-23-31-39-47-71-119-103-79(7)127-111(95)135-103/h49-64H,9-48,65-72H2,1-8H3/b105-89+,106-90+,107-91+,108-92+,109-93+,110-94+,111-95+,112-96+. The molecule has 728 valence electrons. The van der Waals surface area contributed by atoms with Crippen LogP contribution in [0.2, 0.25) is 0 Å². The van der Waals surface area contributed by atoms with Gasteiger partial charge in [-0.3, -0.25) is 0 Å². The lowest BCUT2D eigenvalue weighted by molar-refractivity contribution is 0.564. The van der Waals surface area contributed by atoms with Crippen LogP contribution in [0.3, 0.4) is 0 Å². The average molecular weight is 2250 g/mol. The van der Waals surface area contributed by atoms with Gasteiger partial charge in [0.1, 0.15) is 0 Å². The van der Waals surface area contributed by atoms with E-state index in [0.717, 1.165) is 46.0 Å². The molecule has 0 fully saturated rings. The predicted molar refractivity (Wildman–Crippen MR) is 669 cm³/mol. The summed E-state index contributed by atoms with van der Waals surface area (Å²) in [4.78, 5) is 11.6. The summed E-state index contributed by atoms with van der Waals surface area (Å²) in [5.41, 5.74) is 21.4. The molecule has 0 spiro atoms. The van der Waals surface area contributed by atoms with Crippen molar-refractivity contribution in [2.75, 3.05) is 46.0 Å². The third-order valence-corrected chi connectivity index (χ3v) is 59.9. The number of benzene rings is 4. The van der Waals surface area contributed by atoms with Gasteiger partial charge in [0.15, 0.2) is 0 Å². The quantitative estimate of drug-likeness (QED) is 0.164. The Balaban J connectivity index is 0.921. The summed E-state index contributed by atoms with van der Waals surface area (Å²) >= 11 is 50.4. The van der Waals surface area contributed by atoms with Crippen molar-refractivity contribution in [1.29, 1.82) is 0 Å². The van der Waals surface area contributed by atoms with E-state index in [1.54, 1.807) is 0 Å². The summed E-state index contributed by atoms with van der Waals surface area (Å²) in [6, 6.07) is 41.7. The molecular weight excluding hydrogens is 2110 g/mol. The van der Waals surface area contributed by atoms with Crippen LogP contribution >= 0.6 is 282 Å². The number of thioether (sulfide) groups is 24. The Kier molecular flexibility index (Phi) is 45.3. The largest absolute Gasteiger partial charge is 0.118 e. The van der Waals surface area contributed by atoms with Crippen molar-refractivity contribution in [2.24, 2.45) is 0 Å². The first-order chi connectivity index (χ1) is 66.8. The van der Waals surface area contributed by atoms with Gasteiger partial charge in [-0.05, 0) is 197 Å². The zero-order chi connectivity index (χ0) is 93.3. The Hall–Kier alpha value is 1.12. The van der Waals surface area contributed by atoms with E-state index in [-0.39, 0.29) is 0 Å². The minimum absolute atomic E-state index is 1.16. The van der Waals surface area contributed by atoms with Crippen LogP contribution in [0, 0.1) is 0 Å². The molecule has 19 aliphatic rings. The van der Waals surface area contributed by atoms with E-state index >= 15 is 0 Å². The zero-order valence-electron chi connectivity index (χ0n) is 81.0. The van der Waals surface area contributed by atoms with Gasteiger partial charge in [0.25, 0.3) is 0 Å². The number of hydrogen-bond donors (Lipinski definition) is 0. The Morgan fingerprint density at radius 3 is 0.294 bits per heavy atom. The van der Waals surface area contributed by atoms with Gasteiger partial charge in [0.2, 0.25) is 0 Å². The highest BCUT2D eigenvalue weighted by Crippen LogP contribution is 2.69. The van der Waals surface area contributed by atoms with Crippen LogP contribution in [-0.2, 0) is 0 Å². The first-order valence-corrected chi connectivity index (χ1v) is 71.7. The molecule has 0 saturated heterocycles. The number of fused-ring (bicyclic) bond motifs is 16. The normalized spacial score (nSPS) is 27.6. The van der Waals surface area contributed by atoms with Crippen molar-refractivity contribution in [3.8, 4) is 0 Å². The predicted octanol–water partition coefficient (Wildman–Crippen LogP) is 47.0. The molecule has 0 N–H and O–H groups in total. The fourth-order valence-corrected chi connectivity index (χ4v) is 53.0. The van der Waals surface area contributed by atoms with Gasteiger partial charge in [0, 0.05) is 83.8 Å². The lowest BCUT2D eigenvalue weighted by Gasteiger charge is -2.23. The van der Waals surface area contributed by atoms with Crippen LogP contribution in [0.15, 0.2) is 204 Å². The molecule has 32 bridgehead atoms. The topological polar surface area (TPSA) is 0 Å². The van der Waals surface area contributed by atoms with Crippen molar-refractivity contribution < 1.29 is 0 Å². The molecule has 0 unspecified atom stereocenters. The smallest absolute Gasteiger partial charge is 0.0586 e. The van der Waals surface area contributed by atoms with Gasteiger partial charge in [-0.15, -0.1) is 94.1 Å². The number of allylic oxidation sites excluding steroid dienone is 16. The summed E-state index contributed by atoms with van der Waals surface area (Å²) in [6.07, 6.45) is 53.4. The van der Waals surface area contributed by atoms with E-state index in [2.05, 4.69) is 435 Å². The second-order valence-corrected chi connectivity index (χ2v) is 67.9. The molecule has 0 nitrogen and oxygen atoms in total. The van der Waals surface area contributed by atoms with E-state index in [4.69, 9.17) is 0 Å². The van der Waals surface area contributed by atoms with Gasteiger partial charge < -0.3 is 0 Å². The molecule has 12 heterocycles. The van der Waals surface area contributed by atoms with Crippen LogP contribution in [0.4, 0.5) is 0 Å². The number of hydrogen-bond acceptors (Lipinski definition) is 24. The van der Waals surface area contributed by atoms with Crippen molar-refractivity contribution in [1.82, 2.24) is 0 Å². The summed E-state index contributed by atoms with van der Waals surface area (Å²) in [6.45, 7) is 19.6. The molecule has 4 aromatic rings. The van der Waals surface area contributed by atoms with E-state index in [1.807, 2.05) is 0 Å². The summed E-state index contributed by atoms with van der Waals surface area (Å²) < 4.78 is 23.3. The van der Waals surface area contributed by atoms with E-state index in [0.29, 0.717) is 0 Å². The molecule has 0 saturated carbocycles. The molecule has 136 heavy (non-hydrogen) atoms. The third kappa shape index (κ3) is 29.9. The summed E-state index contributed by atoms with van der Waals surface area (Å²) in [7, 11) is 0.